The maximum atomic E-state index is 12.8. The lowest BCUT2D eigenvalue weighted by Gasteiger charge is -2.30. The summed E-state index contributed by atoms with van der Waals surface area (Å²) in [6, 6.07) is 4.11. The summed E-state index contributed by atoms with van der Waals surface area (Å²) in [5, 5.41) is 2.31. The highest BCUT2D eigenvalue weighted by molar-refractivity contribution is 5.93. The third-order valence-corrected chi connectivity index (χ3v) is 4.18. The molecule has 0 spiro atoms. The van der Waals surface area contributed by atoms with Gasteiger partial charge in [-0.2, -0.15) is 13.2 Å². The number of primary amides is 1. The van der Waals surface area contributed by atoms with Crippen LogP contribution in [-0.4, -0.2) is 48.2 Å². The normalized spacial score (nSPS) is 15.0. The number of hydrogen-bond acceptors (Lipinski definition) is 4. The average Bonchev–Trinajstić information content (AvgIpc) is 3.41. The summed E-state index contributed by atoms with van der Waals surface area (Å²) in [5.74, 6) is -1.72. The second kappa shape index (κ2) is 8.28. The molecule has 3 N–H and O–H groups in total. The van der Waals surface area contributed by atoms with Gasteiger partial charge in [0.25, 0.3) is 5.91 Å². The topological polar surface area (TPSA) is 102 Å². The second-order valence-electron chi connectivity index (χ2n) is 6.36. The van der Waals surface area contributed by atoms with E-state index in [-0.39, 0.29) is 11.5 Å². The first kappa shape index (κ1) is 20.5. The molecular weight excluding hydrogens is 367 g/mol. The Balaban J connectivity index is 1.94. The molecule has 0 aliphatic heterocycles. The minimum Gasteiger partial charge on any atom is -0.452 e. The van der Waals surface area contributed by atoms with E-state index in [1.807, 2.05) is 0 Å². The van der Waals surface area contributed by atoms with Crippen LogP contribution in [0.5, 0.6) is 0 Å². The third kappa shape index (κ3) is 6.46. The van der Waals surface area contributed by atoms with Crippen LogP contribution in [0, 0.1) is 5.92 Å². The molecule has 1 aromatic carbocycles. The van der Waals surface area contributed by atoms with E-state index < -0.39 is 43.3 Å². The fourth-order valence-corrected chi connectivity index (χ4v) is 2.61. The van der Waals surface area contributed by atoms with Crippen LogP contribution in [0.1, 0.15) is 30.1 Å². The number of alkyl halides is 3. The number of rotatable bonds is 7. The molecule has 7 nitrogen and oxygen atoms in total. The van der Waals surface area contributed by atoms with Crippen molar-refractivity contribution in [2.75, 3.05) is 18.5 Å². The number of anilines is 1. The fourth-order valence-electron chi connectivity index (χ4n) is 2.61. The number of nitrogens with zero attached hydrogens (tertiary/aromatic N) is 1. The summed E-state index contributed by atoms with van der Waals surface area (Å²) in [6.45, 7) is -0.602. The molecule has 3 amide bonds. The van der Waals surface area contributed by atoms with E-state index >= 15 is 0 Å². The fraction of sp³-hybridized carbons (Fsp3) is 0.471. The molecule has 10 heteroatoms. The maximum absolute atomic E-state index is 12.8. The minimum atomic E-state index is -4.54. The summed E-state index contributed by atoms with van der Waals surface area (Å²) >= 11 is 0. The standard InChI is InChI=1S/C17H20F3N3O4/c1-10(11-2-3-11)23(9-17(18,19)20)14(24)8-27-15(25)12-4-6-13(7-5-12)22-16(21)26/h4-7,10-11H,2-3,8-9H2,1H3,(H3,21,22,26)/t10-/m0/s1. The maximum Gasteiger partial charge on any atom is 0.406 e. The molecule has 0 bridgehead atoms. The Morgan fingerprint density at radius 2 is 1.85 bits per heavy atom. The highest BCUT2D eigenvalue weighted by Crippen LogP contribution is 2.36. The quantitative estimate of drug-likeness (QED) is 0.702. The molecule has 0 aromatic heterocycles. The predicted octanol–water partition coefficient (Wildman–Crippen LogP) is 2.52. The zero-order valence-corrected chi connectivity index (χ0v) is 14.6. The third-order valence-electron chi connectivity index (χ3n) is 4.18. The van der Waals surface area contributed by atoms with E-state index in [4.69, 9.17) is 10.5 Å². The van der Waals surface area contributed by atoms with Gasteiger partial charge in [0, 0.05) is 11.7 Å². The van der Waals surface area contributed by atoms with Gasteiger partial charge in [0.15, 0.2) is 6.61 Å². The predicted molar refractivity (Wildman–Crippen MR) is 89.9 cm³/mol. The number of amides is 3. The van der Waals surface area contributed by atoms with Gasteiger partial charge in [-0.05, 0) is 49.9 Å². The van der Waals surface area contributed by atoms with Gasteiger partial charge in [0.05, 0.1) is 5.56 Å². The molecule has 0 saturated heterocycles. The molecule has 0 radical (unpaired) electrons. The Labute approximate surface area is 153 Å². The molecule has 148 valence electrons. The number of hydrogen-bond donors (Lipinski definition) is 2. The van der Waals surface area contributed by atoms with E-state index in [2.05, 4.69) is 5.32 Å². The summed E-state index contributed by atoms with van der Waals surface area (Å²) in [4.78, 5) is 35.6. The van der Waals surface area contributed by atoms with Gasteiger partial charge in [-0.25, -0.2) is 9.59 Å². The number of esters is 1. The van der Waals surface area contributed by atoms with Gasteiger partial charge < -0.3 is 20.7 Å². The lowest BCUT2D eigenvalue weighted by Crippen LogP contribution is -2.47. The Morgan fingerprint density at radius 3 is 2.33 bits per heavy atom. The number of benzene rings is 1. The van der Waals surface area contributed by atoms with E-state index in [0.717, 1.165) is 12.8 Å². The van der Waals surface area contributed by atoms with Crippen LogP contribution in [0.15, 0.2) is 24.3 Å². The monoisotopic (exact) mass is 387 g/mol. The summed E-state index contributed by atoms with van der Waals surface area (Å²) in [7, 11) is 0. The highest BCUT2D eigenvalue weighted by atomic mass is 19.4. The van der Waals surface area contributed by atoms with Crippen LogP contribution in [0.2, 0.25) is 0 Å². The van der Waals surface area contributed by atoms with Crippen molar-refractivity contribution in [2.24, 2.45) is 11.7 Å². The molecule has 1 aliphatic rings. The molecule has 2 rings (SSSR count). The first-order chi connectivity index (χ1) is 12.6. The van der Waals surface area contributed by atoms with Crippen LogP contribution < -0.4 is 11.1 Å². The van der Waals surface area contributed by atoms with Crippen LogP contribution in [0.3, 0.4) is 0 Å². The van der Waals surface area contributed by atoms with E-state index in [0.29, 0.717) is 10.6 Å². The SMILES string of the molecule is C[C@@H](C1CC1)N(CC(F)(F)F)C(=O)COC(=O)c1ccc(NC(N)=O)cc1. The zero-order valence-electron chi connectivity index (χ0n) is 14.6. The van der Waals surface area contributed by atoms with Crippen LogP contribution in [-0.2, 0) is 9.53 Å². The summed E-state index contributed by atoms with van der Waals surface area (Å²) < 4.78 is 43.1. The number of carbonyl (C=O) groups is 3. The molecule has 1 atom stereocenters. The van der Waals surface area contributed by atoms with Crippen molar-refractivity contribution in [3.05, 3.63) is 29.8 Å². The van der Waals surface area contributed by atoms with E-state index in [1.54, 1.807) is 6.92 Å². The van der Waals surface area contributed by atoms with Gasteiger partial charge in [0.1, 0.15) is 6.54 Å². The second-order valence-corrected chi connectivity index (χ2v) is 6.36. The smallest absolute Gasteiger partial charge is 0.406 e. The lowest BCUT2D eigenvalue weighted by molar-refractivity contribution is -0.167. The van der Waals surface area contributed by atoms with Crippen LogP contribution >= 0.6 is 0 Å². The Hall–Kier alpha value is -2.78. The molecule has 1 saturated carbocycles. The van der Waals surface area contributed by atoms with E-state index in [1.165, 1.54) is 24.3 Å². The van der Waals surface area contributed by atoms with Crippen molar-refractivity contribution >= 4 is 23.6 Å². The van der Waals surface area contributed by atoms with Crippen LogP contribution in [0.25, 0.3) is 0 Å². The largest absolute Gasteiger partial charge is 0.452 e. The van der Waals surface area contributed by atoms with Crippen molar-refractivity contribution in [1.29, 1.82) is 0 Å². The number of nitrogens with two attached hydrogens (primary N) is 1. The molecule has 1 fully saturated rings. The Kier molecular flexibility index (Phi) is 6.29. The summed E-state index contributed by atoms with van der Waals surface area (Å²) in [6.07, 6.45) is -2.99. The first-order valence-electron chi connectivity index (χ1n) is 8.26. The van der Waals surface area contributed by atoms with Gasteiger partial charge in [-0.15, -0.1) is 0 Å². The highest BCUT2D eigenvalue weighted by Gasteiger charge is 2.40. The van der Waals surface area contributed by atoms with Crippen molar-refractivity contribution in [3.63, 3.8) is 0 Å². The van der Waals surface area contributed by atoms with Gasteiger partial charge >= 0.3 is 18.2 Å². The van der Waals surface area contributed by atoms with Crippen molar-refractivity contribution < 1.29 is 32.3 Å². The number of ether oxygens (including phenoxy) is 1. The molecule has 0 unspecified atom stereocenters. The molecule has 27 heavy (non-hydrogen) atoms. The average molecular weight is 387 g/mol. The zero-order chi connectivity index (χ0) is 20.2. The number of nitrogens with one attached hydrogen (secondary N) is 1. The first-order valence-corrected chi connectivity index (χ1v) is 8.26. The molecule has 1 aromatic rings. The van der Waals surface area contributed by atoms with Crippen molar-refractivity contribution in [1.82, 2.24) is 4.90 Å². The molecule has 1 aliphatic carbocycles. The van der Waals surface area contributed by atoms with Gasteiger partial charge in [-0.3, -0.25) is 4.79 Å². The van der Waals surface area contributed by atoms with Gasteiger partial charge in [0.2, 0.25) is 0 Å². The molecular formula is C17H20F3N3O4. The number of halogens is 3. The number of carbonyl (C=O) groups excluding carboxylic acids is 3. The van der Waals surface area contributed by atoms with Crippen molar-refractivity contribution in [2.45, 2.75) is 32.0 Å². The van der Waals surface area contributed by atoms with Crippen LogP contribution in [0.4, 0.5) is 23.7 Å². The summed E-state index contributed by atoms with van der Waals surface area (Å²) in [5.41, 5.74) is 5.39. The number of urea groups is 1. The Bertz CT molecular complexity index is 702. The van der Waals surface area contributed by atoms with Crippen molar-refractivity contribution in [3.8, 4) is 0 Å². The van der Waals surface area contributed by atoms with Gasteiger partial charge in [-0.1, -0.05) is 0 Å². The minimum absolute atomic E-state index is 0.0392. The lowest BCUT2D eigenvalue weighted by atomic mass is 10.2. The Morgan fingerprint density at radius 1 is 1.26 bits per heavy atom. The molecule has 0 heterocycles. The van der Waals surface area contributed by atoms with E-state index in [9.17, 15) is 27.6 Å².